The molecule has 1 heterocycles. The molecule has 3 aromatic rings. The number of rotatable bonds is 10. The Morgan fingerprint density at radius 1 is 1.13 bits per heavy atom. The van der Waals surface area contributed by atoms with E-state index in [1.165, 1.54) is 23.0 Å². The number of unbranched alkanes of at least 4 members (excludes halogenated alkanes) is 2. The van der Waals surface area contributed by atoms with Gasteiger partial charge in [-0.05, 0) is 37.1 Å². The van der Waals surface area contributed by atoms with E-state index in [0.29, 0.717) is 23.2 Å². The zero-order valence-corrected chi connectivity index (χ0v) is 19.0. The van der Waals surface area contributed by atoms with Crippen LogP contribution in [0.1, 0.15) is 37.3 Å². The third-order valence-electron chi connectivity index (χ3n) is 4.70. The Balaban J connectivity index is 1.59. The van der Waals surface area contributed by atoms with Crippen molar-refractivity contribution in [3.8, 4) is 22.8 Å². The van der Waals surface area contributed by atoms with E-state index < -0.39 is 0 Å². The second kappa shape index (κ2) is 11.3. The van der Waals surface area contributed by atoms with Crippen LogP contribution in [-0.2, 0) is 4.79 Å². The highest BCUT2D eigenvalue weighted by atomic mass is 32.1. The van der Waals surface area contributed by atoms with Crippen molar-refractivity contribution in [2.24, 2.45) is 0 Å². The van der Waals surface area contributed by atoms with Crippen LogP contribution < -0.4 is 14.8 Å². The first-order chi connectivity index (χ1) is 15.1. The van der Waals surface area contributed by atoms with Crippen LogP contribution in [0.5, 0.6) is 11.5 Å². The highest BCUT2D eigenvalue weighted by molar-refractivity contribution is 7.14. The first-order valence-corrected chi connectivity index (χ1v) is 11.3. The third-order valence-corrected chi connectivity index (χ3v) is 5.46. The van der Waals surface area contributed by atoms with E-state index in [1.807, 2.05) is 54.8 Å². The summed E-state index contributed by atoms with van der Waals surface area (Å²) in [5, 5.41) is 5.33. The number of hydrogen-bond donors (Lipinski definition) is 1. The Labute approximate surface area is 187 Å². The SMILES string of the molecule is CCCCCOc1ccc(C=CC(=O)Nc2nc(-c3ccc(C)cc3)cs2)cc1OC. The van der Waals surface area contributed by atoms with Crippen LogP contribution in [0.4, 0.5) is 5.13 Å². The maximum absolute atomic E-state index is 12.3. The van der Waals surface area contributed by atoms with E-state index in [2.05, 4.69) is 17.2 Å². The number of aromatic nitrogens is 1. The van der Waals surface area contributed by atoms with Gasteiger partial charge in [-0.2, -0.15) is 0 Å². The minimum Gasteiger partial charge on any atom is -0.493 e. The fraction of sp³-hybridized carbons (Fsp3) is 0.280. The van der Waals surface area contributed by atoms with Gasteiger partial charge in [0.25, 0.3) is 0 Å². The first kappa shape index (κ1) is 22.6. The lowest BCUT2D eigenvalue weighted by atomic mass is 10.1. The molecule has 162 valence electrons. The van der Waals surface area contributed by atoms with Crippen LogP contribution in [0.2, 0.25) is 0 Å². The van der Waals surface area contributed by atoms with Gasteiger partial charge in [0.1, 0.15) is 0 Å². The number of carbonyl (C=O) groups excluding carboxylic acids is 1. The van der Waals surface area contributed by atoms with Crippen molar-refractivity contribution in [1.29, 1.82) is 0 Å². The topological polar surface area (TPSA) is 60.5 Å². The summed E-state index contributed by atoms with van der Waals surface area (Å²) in [4.78, 5) is 16.8. The molecule has 1 aromatic heterocycles. The van der Waals surface area contributed by atoms with Crippen molar-refractivity contribution in [3.63, 3.8) is 0 Å². The van der Waals surface area contributed by atoms with Crippen molar-refractivity contribution in [2.45, 2.75) is 33.1 Å². The quantitative estimate of drug-likeness (QED) is 0.297. The van der Waals surface area contributed by atoms with Gasteiger partial charge < -0.3 is 9.47 Å². The van der Waals surface area contributed by atoms with Crippen molar-refractivity contribution in [2.75, 3.05) is 19.0 Å². The standard InChI is InChI=1S/C25H28N2O3S/c1-4-5-6-15-30-22-13-9-19(16-23(22)29-3)10-14-24(28)27-25-26-21(17-31-25)20-11-7-18(2)8-12-20/h7-14,16-17H,4-6,15H2,1-3H3,(H,26,27,28). The average molecular weight is 437 g/mol. The van der Waals surface area contributed by atoms with Crippen LogP contribution in [0.25, 0.3) is 17.3 Å². The highest BCUT2D eigenvalue weighted by Gasteiger charge is 2.08. The predicted octanol–water partition coefficient (Wildman–Crippen LogP) is 6.35. The van der Waals surface area contributed by atoms with E-state index in [4.69, 9.17) is 9.47 Å². The number of nitrogens with zero attached hydrogens (tertiary/aromatic N) is 1. The Hall–Kier alpha value is -3.12. The van der Waals surface area contributed by atoms with E-state index in [9.17, 15) is 4.79 Å². The van der Waals surface area contributed by atoms with Gasteiger partial charge in [-0.3, -0.25) is 10.1 Å². The zero-order chi connectivity index (χ0) is 22.1. The summed E-state index contributed by atoms with van der Waals surface area (Å²) in [5.41, 5.74) is 3.93. The molecule has 31 heavy (non-hydrogen) atoms. The largest absolute Gasteiger partial charge is 0.493 e. The molecular formula is C25H28N2O3S. The molecule has 0 radical (unpaired) electrons. The number of thiazole rings is 1. The maximum Gasteiger partial charge on any atom is 0.250 e. The van der Waals surface area contributed by atoms with Gasteiger partial charge in [0.15, 0.2) is 16.6 Å². The number of ether oxygens (including phenoxy) is 2. The molecule has 0 saturated carbocycles. The molecule has 0 spiro atoms. The van der Waals surface area contributed by atoms with Crippen molar-refractivity contribution in [1.82, 2.24) is 4.98 Å². The normalized spacial score (nSPS) is 10.9. The fourth-order valence-corrected chi connectivity index (χ4v) is 3.67. The average Bonchev–Trinajstić information content (AvgIpc) is 3.24. The Morgan fingerprint density at radius 2 is 1.94 bits per heavy atom. The smallest absolute Gasteiger partial charge is 0.250 e. The molecule has 3 rings (SSSR count). The van der Waals surface area contributed by atoms with Crippen molar-refractivity contribution < 1.29 is 14.3 Å². The fourth-order valence-electron chi connectivity index (χ4n) is 2.95. The van der Waals surface area contributed by atoms with Crippen LogP contribution in [0.15, 0.2) is 53.9 Å². The number of nitrogens with one attached hydrogen (secondary N) is 1. The second-order valence-electron chi connectivity index (χ2n) is 7.19. The molecule has 0 fully saturated rings. The summed E-state index contributed by atoms with van der Waals surface area (Å²) in [5.74, 6) is 1.14. The van der Waals surface area contributed by atoms with Gasteiger partial charge >= 0.3 is 0 Å². The molecule has 0 unspecified atom stereocenters. The molecule has 0 saturated heterocycles. The first-order valence-electron chi connectivity index (χ1n) is 10.4. The zero-order valence-electron chi connectivity index (χ0n) is 18.2. The van der Waals surface area contributed by atoms with Crippen LogP contribution in [0.3, 0.4) is 0 Å². The summed E-state index contributed by atoms with van der Waals surface area (Å²) < 4.78 is 11.2. The lowest BCUT2D eigenvalue weighted by Crippen LogP contribution is -2.07. The van der Waals surface area contributed by atoms with Crippen molar-refractivity contribution >= 4 is 28.5 Å². The molecule has 1 amide bonds. The predicted molar refractivity (Wildman–Crippen MR) is 128 cm³/mol. The Kier molecular flexibility index (Phi) is 8.24. The lowest BCUT2D eigenvalue weighted by Gasteiger charge is -2.11. The monoisotopic (exact) mass is 436 g/mol. The number of benzene rings is 2. The summed E-state index contributed by atoms with van der Waals surface area (Å²) in [7, 11) is 1.61. The Bertz CT molecular complexity index is 1030. The maximum atomic E-state index is 12.3. The molecule has 1 N–H and O–H groups in total. The summed E-state index contributed by atoms with van der Waals surface area (Å²) in [6.07, 6.45) is 6.55. The molecular weight excluding hydrogens is 408 g/mol. The van der Waals surface area contributed by atoms with Gasteiger partial charge in [0.05, 0.1) is 19.4 Å². The molecule has 6 heteroatoms. The van der Waals surface area contributed by atoms with Crippen molar-refractivity contribution in [3.05, 3.63) is 65.0 Å². The molecule has 0 aliphatic carbocycles. The van der Waals surface area contributed by atoms with Gasteiger partial charge in [0.2, 0.25) is 5.91 Å². The number of methoxy groups -OCH3 is 1. The third kappa shape index (κ3) is 6.69. The van der Waals surface area contributed by atoms with Gasteiger partial charge in [0, 0.05) is 17.0 Å². The number of aryl methyl sites for hydroxylation is 1. The summed E-state index contributed by atoms with van der Waals surface area (Å²) in [6.45, 7) is 4.88. The number of anilines is 1. The minimum atomic E-state index is -0.233. The van der Waals surface area contributed by atoms with Gasteiger partial charge in [-0.15, -0.1) is 11.3 Å². The Morgan fingerprint density at radius 3 is 2.68 bits per heavy atom. The van der Waals surface area contributed by atoms with Gasteiger partial charge in [-0.1, -0.05) is 55.7 Å². The van der Waals surface area contributed by atoms with Gasteiger partial charge in [-0.25, -0.2) is 4.98 Å². The van der Waals surface area contributed by atoms with Crippen LogP contribution in [0, 0.1) is 6.92 Å². The van der Waals surface area contributed by atoms with E-state index >= 15 is 0 Å². The number of carbonyl (C=O) groups is 1. The van der Waals surface area contributed by atoms with E-state index in [0.717, 1.165) is 36.1 Å². The van der Waals surface area contributed by atoms with Crippen LogP contribution >= 0.6 is 11.3 Å². The number of amides is 1. The second-order valence-corrected chi connectivity index (χ2v) is 8.05. The summed E-state index contributed by atoms with van der Waals surface area (Å²) in [6, 6.07) is 13.8. The highest BCUT2D eigenvalue weighted by Crippen LogP contribution is 2.29. The molecule has 0 aliphatic heterocycles. The summed E-state index contributed by atoms with van der Waals surface area (Å²) >= 11 is 1.40. The minimum absolute atomic E-state index is 0.233. The lowest BCUT2D eigenvalue weighted by molar-refractivity contribution is -0.111. The molecule has 0 atom stereocenters. The molecule has 2 aromatic carbocycles. The molecule has 0 bridgehead atoms. The van der Waals surface area contributed by atoms with Crippen LogP contribution in [-0.4, -0.2) is 24.6 Å². The number of hydrogen-bond acceptors (Lipinski definition) is 5. The molecule has 0 aliphatic rings. The molecule has 5 nitrogen and oxygen atoms in total. The van der Waals surface area contributed by atoms with E-state index in [1.54, 1.807) is 13.2 Å². The van der Waals surface area contributed by atoms with E-state index in [-0.39, 0.29) is 5.91 Å².